The summed E-state index contributed by atoms with van der Waals surface area (Å²) in [7, 11) is 0. The molecule has 1 amide bonds. The maximum Gasteiger partial charge on any atom is 0.248 e. The van der Waals surface area contributed by atoms with E-state index in [2.05, 4.69) is 33.5 Å². The third-order valence-electron chi connectivity index (χ3n) is 4.34. The molecule has 0 bridgehead atoms. The summed E-state index contributed by atoms with van der Waals surface area (Å²) in [6.45, 7) is 0.650. The molecule has 4 aromatic rings. The lowest BCUT2D eigenvalue weighted by molar-refractivity contribution is 0.100. The summed E-state index contributed by atoms with van der Waals surface area (Å²) in [6.07, 6.45) is 3.71. The van der Waals surface area contributed by atoms with E-state index >= 15 is 0 Å². The summed E-state index contributed by atoms with van der Waals surface area (Å²) < 4.78 is 0. The van der Waals surface area contributed by atoms with Gasteiger partial charge in [-0.25, -0.2) is 4.98 Å². The number of nitrogens with one attached hydrogen (secondary N) is 2. The molecular formula is C21H18N4O. The van der Waals surface area contributed by atoms with Crippen LogP contribution in [0.2, 0.25) is 0 Å². The van der Waals surface area contributed by atoms with Crippen molar-refractivity contribution in [1.29, 1.82) is 0 Å². The highest BCUT2D eigenvalue weighted by Crippen LogP contribution is 2.27. The number of rotatable bonds is 5. The van der Waals surface area contributed by atoms with E-state index in [4.69, 9.17) is 5.73 Å². The monoisotopic (exact) mass is 342 g/mol. The Morgan fingerprint density at radius 2 is 1.96 bits per heavy atom. The number of aromatic nitrogens is 2. The van der Waals surface area contributed by atoms with Gasteiger partial charge in [0.05, 0.1) is 0 Å². The van der Waals surface area contributed by atoms with Crippen LogP contribution in [0.1, 0.15) is 15.9 Å². The highest BCUT2D eigenvalue weighted by Gasteiger charge is 2.06. The molecule has 26 heavy (non-hydrogen) atoms. The van der Waals surface area contributed by atoms with Gasteiger partial charge in [0.25, 0.3) is 0 Å². The van der Waals surface area contributed by atoms with Gasteiger partial charge in [-0.05, 0) is 53.1 Å². The Morgan fingerprint density at radius 3 is 2.85 bits per heavy atom. The Kier molecular flexibility index (Phi) is 4.11. The van der Waals surface area contributed by atoms with Gasteiger partial charge >= 0.3 is 0 Å². The third kappa shape index (κ3) is 3.15. The number of carbonyl (C=O) groups excluding carboxylic acids is 1. The molecular weight excluding hydrogens is 324 g/mol. The minimum absolute atomic E-state index is 0.427. The molecule has 4 rings (SSSR count). The van der Waals surface area contributed by atoms with Crippen molar-refractivity contribution < 1.29 is 4.79 Å². The van der Waals surface area contributed by atoms with Crippen LogP contribution in [-0.2, 0) is 6.54 Å². The molecule has 0 saturated carbocycles. The van der Waals surface area contributed by atoms with Gasteiger partial charge in [-0.2, -0.15) is 0 Å². The van der Waals surface area contributed by atoms with Crippen molar-refractivity contribution >= 4 is 22.6 Å². The van der Waals surface area contributed by atoms with Crippen LogP contribution in [0, 0.1) is 0 Å². The maximum atomic E-state index is 11.3. The van der Waals surface area contributed by atoms with Gasteiger partial charge in [0, 0.05) is 35.6 Å². The standard InChI is InChI=1S/C21H18N4O/c22-20(26)16-5-2-6-17(12-16)25-13-14-3-1-4-15(11-14)18-7-9-23-21-19(18)8-10-24-21/h1-12,25H,13H2,(H2,22,26)(H,23,24). The number of pyridine rings is 1. The van der Waals surface area contributed by atoms with Crippen LogP contribution in [0.5, 0.6) is 0 Å². The zero-order chi connectivity index (χ0) is 17.9. The van der Waals surface area contributed by atoms with E-state index in [1.807, 2.05) is 42.7 Å². The van der Waals surface area contributed by atoms with Gasteiger partial charge in [-0.15, -0.1) is 0 Å². The van der Waals surface area contributed by atoms with E-state index in [-0.39, 0.29) is 0 Å². The molecule has 0 atom stereocenters. The molecule has 0 aliphatic carbocycles. The number of nitrogens with two attached hydrogens (primary N) is 1. The van der Waals surface area contributed by atoms with Gasteiger partial charge < -0.3 is 16.0 Å². The van der Waals surface area contributed by atoms with Crippen molar-refractivity contribution in [3.63, 3.8) is 0 Å². The number of hydrogen-bond acceptors (Lipinski definition) is 3. The number of amides is 1. The summed E-state index contributed by atoms with van der Waals surface area (Å²) in [5.41, 5.74) is 11.0. The second kappa shape index (κ2) is 6.72. The van der Waals surface area contributed by atoms with Crippen LogP contribution >= 0.6 is 0 Å². The van der Waals surface area contributed by atoms with Crippen molar-refractivity contribution in [3.05, 3.63) is 84.2 Å². The lowest BCUT2D eigenvalue weighted by Crippen LogP contribution is -2.11. The largest absolute Gasteiger partial charge is 0.381 e. The Labute approximate surface area is 150 Å². The molecule has 5 heteroatoms. The van der Waals surface area contributed by atoms with Crippen molar-refractivity contribution in [2.75, 3.05) is 5.32 Å². The Hall–Kier alpha value is -3.60. The summed E-state index contributed by atoms with van der Waals surface area (Å²) >= 11 is 0. The first-order chi connectivity index (χ1) is 12.7. The molecule has 0 aliphatic heterocycles. The quantitative estimate of drug-likeness (QED) is 0.513. The Balaban J connectivity index is 1.58. The molecule has 5 nitrogen and oxygen atoms in total. The van der Waals surface area contributed by atoms with Gasteiger partial charge in [0.15, 0.2) is 0 Å². The first-order valence-corrected chi connectivity index (χ1v) is 8.36. The summed E-state index contributed by atoms with van der Waals surface area (Å²) in [5, 5.41) is 4.44. The van der Waals surface area contributed by atoms with Crippen LogP contribution < -0.4 is 11.1 Å². The van der Waals surface area contributed by atoms with Gasteiger partial charge in [0.2, 0.25) is 5.91 Å². The molecule has 0 saturated heterocycles. The predicted octanol–water partition coefficient (Wildman–Crippen LogP) is 3.94. The van der Waals surface area contributed by atoms with Crippen LogP contribution in [0.15, 0.2) is 73.1 Å². The summed E-state index contributed by atoms with van der Waals surface area (Å²) in [5.74, 6) is -0.427. The van der Waals surface area contributed by atoms with Crippen molar-refractivity contribution in [2.45, 2.75) is 6.54 Å². The fraction of sp³-hybridized carbons (Fsp3) is 0.0476. The number of aromatic amines is 1. The molecule has 0 spiro atoms. The molecule has 4 N–H and O–H groups in total. The minimum Gasteiger partial charge on any atom is -0.381 e. The summed E-state index contributed by atoms with van der Waals surface area (Å²) in [4.78, 5) is 18.8. The second-order valence-corrected chi connectivity index (χ2v) is 6.10. The Bertz CT molecular complexity index is 1080. The molecule has 0 aliphatic rings. The number of carbonyl (C=O) groups is 1. The highest BCUT2D eigenvalue weighted by atomic mass is 16.1. The average molecular weight is 342 g/mol. The second-order valence-electron chi connectivity index (χ2n) is 6.10. The first kappa shape index (κ1) is 15.9. The highest BCUT2D eigenvalue weighted by molar-refractivity contribution is 5.94. The van der Waals surface area contributed by atoms with E-state index in [0.717, 1.165) is 33.4 Å². The number of primary amides is 1. The van der Waals surface area contributed by atoms with Crippen LogP contribution in [0.4, 0.5) is 5.69 Å². The number of benzene rings is 2. The lowest BCUT2D eigenvalue weighted by Gasteiger charge is -2.10. The van der Waals surface area contributed by atoms with Crippen molar-refractivity contribution in [1.82, 2.24) is 9.97 Å². The fourth-order valence-electron chi connectivity index (χ4n) is 3.05. The third-order valence-corrected chi connectivity index (χ3v) is 4.34. The number of nitrogens with zero attached hydrogens (tertiary/aromatic N) is 1. The van der Waals surface area contributed by atoms with Crippen molar-refractivity contribution in [3.8, 4) is 11.1 Å². The predicted molar refractivity (Wildman–Crippen MR) is 104 cm³/mol. The topological polar surface area (TPSA) is 83.8 Å². The van der Waals surface area contributed by atoms with Crippen molar-refractivity contribution in [2.24, 2.45) is 5.73 Å². The first-order valence-electron chi connectivity index (χ1n) is 8.36. The van der Waals surface area contributed by atoms with E-state index in [9.17, 15) is 4.79 Å². The zero-order valence-electron chi connectivity index (χ0n) is 14.1. The fourth-order valence-corrected chi connectivity index (χ4v) is 3.05. The summed E-state index contributed by atoms with van der Waals surface area (Å²) in [6, 6.07) is 19.6. The normalized spacial score (nSPS) is 10.8. The number of anilines is 1. The van der Waals surface area contributed by atoms with Gasteiger partial charge in [-0.3, -0.25) is 4.79 Å². The van der Waals surface area contributed by atoms with Crippen LogP contribution in [-0.4, -0.2) is 15.9 Å². The number of fused-ring (bicyclic) bond motifs is 1. The smallest absolute Gasteiger partial charge is 0.248 e. The van der Waals surface area contributed by atoms with E-state index in [1.54, 1.807) is 12.1 Å². The molecule has 0 unspecified atom stereocenters. The molecule has 0 radical (unpaired) electrons. The number of hydrogen-bond donors (Lipinski definition) is 3. The Morgan fingerprint density at radius 1 is 1.08 bits per heavy atom. The zero-order valence-corrected chi connectivity index (χ0v) is 14.1. The maximum absolute atomic E-state index is 11.3. The van der Waals surface area contributed by atoms with E-state index in [0.29, 0.717) is 12.1 Å². The average Bonchev–Trinajstić information content (AvgIpc) is 3.15. The van der Waals surface area contributed by atoms with Gasteiger partial charge in [-0.1, -0.05) is 24.3 Å². The minimum atomic E-state index is -0.427. The molecule has 2 aromatic heterocycles. The molecule has 128 valence electrons. The molecule has 2 aromatic carbocycles. The van der Waals surface area contributed by atoms with Crippen LogP contribution in [0.3, 0.4) is 0 Å². The SMILES string of the molecule is NC(=O)c1cccc(NCc2cccc(-c3ccnc4[nH]ccc34)c2)c1. The lowest BCUT2D eigenvalue weighted by atomic mass is 10.0. The number of H-pyrrole nitrogens is 1. The van der Waals surface area contributed by atoms with Gasteiger partial charge in [0.1, 0.15) is 5.65 Å². The van der Waals surface area contributed by atoms with E-state index < -0.39 is 5.91 Å². The van der Waals surface area contributed by atoms with E-state index in [1.165, 1.54) is 0 Å². The molecule has 2 heterocycles. The van der Waals surface area contributed by atoms with Crippen LogP contribution in [0.25, 0.3) is 22.2 Å². The molecule has 0 fully saturated rings.